The molecule has 1 aromatic heterocycles. The molecular formula is C21H19NO6. The van der Waals surface area contributed by atoms with Gasteiger partial charge in [-0.05, 0) is 55.3 Å². The van der Waals surface area contributed by atoms with Crippen LogP contribution in [0, 0.1) is 13.8 Å². The molecule has 7 nitrogen and oxygen atoms in total. The summed E-state index contributed by atoms with van der Waals surface area (Å²) in [5.41, 5.74) is 2.42. The number of rotatable bonds is 5. The lowest BCUT2D eigenvalue weighted by Gasteiger charge is -2.12. The maximum Gasteiger partial charge on any atom is 0.338 e. The second-order valence-corrected chi connectivity index (χ2v) is 6.25. The second kappa shape index (κ2) is 7.96. The predicted octanol–water partition coefficient (Wildman–Crippen LogP) is 3.21. The molecule has 1 amide bonds. The summed E-state index contributed by atoms with van der Waals surface area (Å²) in [6.45, 7) is 3.41. The van der Waals surface area contributed by atoms with Gasteiger partial charge in [0.05, 0.1) is 12.7 Å². The molecule has 3 rings (SSSR count). The average molecular weight is 381 g/mol. The third-order valence-electron chi connectivity index (χ3n) is 4.32. The van der Waals surface area contributed by atoms with E-state index < -0.39 is 17.5 Å². The fourth-order valence-corrected chi connectivity index (χ4v) is 2.73. The largest absolute Gasteiger partial charge is 0.484 e. The molecule has 3 aromatic rings. The van der Waals surface area contributed by atoms with E-state index in [0.717, 1.165) is 16.5 Å². The Balaban J connectivity index is 1.70. The molecule has 0 spiro atoms. The number of hydrogen-bond donors (Lipinski definition) is 1. The molecule has 0 aliphatic heterocycles. The molecule has 7 heteroatoms. The molecule has 144 valence electrons. The number of amides is 1. The van der Waals surface area contributed by atoms with Crippen LogP contribution in [-0.4, -0.2) is 25.6 Å². The van der Waals surface area contributed by atoms with Gasteiger partial charge < -0.3 is 19.2 Å². The van der Waals surface area contributed by atoms with E-state index in [0.29, 0.717) is 22.6 Å². The fraction of sp³-hybridized carbons (Fsp3) is 0.190. The van der Waals surface area contributed by atoms with Crippen molar-refractivity contribution in [1.82, 2.24) is 0 Å². The summed E-state index contributed by atoms with van der Waals surface area (Å²) < 4.78 is 15.3. The summed E-state index contributed by atoms with van der Waals surface area (Å²) in [6, 6.07) is 11.3. The molecule has 0 radical (unpaired) electrons. The van der Waals surface area contributed by atoms with Crippen LogP contribution in [0.15, 0.2) is 51.7 Å². The first kappa shape index (κ1) is 19.2. The van der Waals surface area contributed by atoms with Gasteiger partial charge in [-0.2, -0.15) is 0 Å². The maximum absolute atomic E-state index is 12.2. The number of esters is 1. The molecule has 0 bridgehead atoms. The van der Waals surface area contributed by atoms with Gasteiger partial charge in [-0.15, -0.1) is 0 Å². The molecule has 2 aromatic carbocycles. The molecule has 0 unspecified atom stereocenters. The minimum absolute atomic E-state index is 0.247. The maximum atomic E-state index is 12.2. The summed E-state index contributed by atoms with van der Waals surface area (Å²) in [5, 5.41) is 3.45. The van der Waals surface area contributed by atoms with Crippen LogP contribution in [0.3, 0.4) is 0 Å². The quantitative estimate of drug-likeness (QED) is 0.539. The van der Waals surface area contributed by atoms with E-state index in [4.69, 9.17) is 13.9 Å². The van der Waals surface area contributed by atoms with Crippen molar-refractivity contribution in [2.24, 2.45) is 0 Å². The van der Waals surface area contributed by atoms with Gasteiger partial charge in [0, 0.05) is 23.2 Å². The second-order valence-electron chi connectivity index (χ2n) is 6.25. The molecule has 0 fully saturated rings. The number of anilines is 1. The first-order valence-corrected chi connectivity index (χ1v) is 8.53. The molecule has 1 N–H and O–H groups in total. The monoisotopic (exact) mass is 381 g/mol. The number of carbonyl (C=O) groups is 2. The lowest BCUT2D eigenvalue weighted by Crippen LogP contribution is -2.20. The lowest BCUT2D eigenvalue weighted by molar-refractivity contribution is -0.118. The Morgan fingerprint density at radius 2 is 1.82 bits per heavy atom. The van der Waals surface area contributed by atoms with Crippen LogP contribution >= 0.6 is 0 Å². The number of fused-ring (bicyclic) bond motifs is 1. The zero-order valence-corrected chi connectivity index (χ0v) is 15.7. The summed E-state index contributed by atoms with van der Waals surface area (Å²) in [4.78, 5) is 35.4. The third kappa shape index (κ3) is 4.20. The highest BCUT2D eigenvalue weighted by atomic mass is 16.5. The van der Waals surface area contributed by atoms with Crippen LogP contribution < -0.4 is 15.7 Å². The third-order valence-corrected chi connectivity index (χ3v) is 4.32. The molecule has 1 heterocycles. The molecule has 0 saturated carbocycles. The Hall–Kier alpha value is -3.61. The fourth-order valence-electron chi connectivity index (χ4n) is 2.73. The van der Waals surface area contributed by atoms with Crippen LogP contribution in [0.2, 0.25) is 0 Å². The number of carbonyl (C=O) groups excluding carboxylic acids is 2. The smallest absolute Gasteiger partial charge is 0.338 e. The molecular weight excluding hydrogens is 362 g/mol. The van der Waals surface area contributed by atoms with Crippen LogP contribution in [0.5, 0.6) is 5.75 Å². The number of nitrogens with one attached hydrogen (secondary N) is 1. The Morgan fingerprint density at radius 3 is 2.57 bits per heavy atom. The van der Waals surface area contributed by atoms with Gasteiger partial charge in [0.25, 0.3) is 5.91 Å². The van der Waals surface area contributed by atoms with E-state index >= 15 is 0 Å². The van der Waals surface area contributed by atoms with Gasteiger partial charge >= 0.3 is 11.6 Å². The highest BCUT2D eigenvalue weighted by molar-refractivity contribution is 5.96. The van der Waals surface area contributed by atoms with Crippen molar-refractivity contribution >= 4 is 28.5 Å². The summed E-state index contributed by atoms with van der Waals surface area (Å²) in [6.07, 6.45) is 0. The van der Waals surface area contributed by atoms with Crippen molar-refractivity contribution in [1.29, 1.82) is 0 Å². The first-order chi connectivity index (χ1) is 13.4. The Kier molecular flexibility index (Phi) is 5.44. The van der Waals surface area contributed by atoms with E-state index in [1.165, 1.54) is 13.2 Å². The summed E-state index contributed by atoms with van der Waals surface area (Å²) in [5.74, 6) is -0.466. The van der Waals surface area contributed by atoms with E-state index in [9.17, 15) is 14.4 Å². The molecule has 28 heavy (non-hydrogen) atoms. The van der Waals surface area contributed by atoms with Gasteiger partial charge in [-0.3, -0.25) is 4.79 Å². The van der Waals surface area contributed by atoms with E-state index in [2.05, 4.69) is 5.32 Å². The van der Waals surface area contributed by atoms with Crippen molar-refractivity contribution < 1.29 is 23.5 Å². The van der Waals surface area contributed by atoms with Gasteiger partial charge in [0.2, 0.25) is 0 Å². The van der Waals surface area contributed by atoms with Gasteiger partial charge in [-0.1, -0.05) is 0 Å². The minimum atomic E-state index is -0.467. The predicted molar refractivity (Wildman–Crippen MR) is 104 cm³/mol. The Bertz CT molecular complexity index is 1120. The van der Waals surface area contributed by atoms with E-state index in [1.807, 2.05) is 13.8 Å². The van der Waals surface area contributed by atoms with E-state index in [1.54, 1.807) is 36.4 Å². The minimum Gasteiger partial charge on any atom is -0.484 e. The number of benzene rings is 2. The van der Waals surface area contributed by atoms with Crippen molar-refractivity contribution in [3.63, 3.8) is 0 Å². The highest BCUT2D eigenvalue weighted by Gasteiger charge is 2.14. The number of hydrogen-bond acceptors (Lipinski definition) is 6. The van der Waals surface area contributed by atoms with E-state index in [-0.39, 0.29) is 6.61 Å². The van der Waals surface area contributed by atoms with Crippen molar-refractivity contribution in [3.05, 3.63) is 69.6 Å². The van der Waals surface area contributed by atoms with Crippen LogP contribution in [-0.2, 0) is 9.53 Å². The topological polar surface area (TPSA) is 94.8 Å². The average Bonchev–Trinajstić information content (AvgIpc) is 2.68. The normalized spacial score (nSPS) is 10.5. The molecule has 0 saturated heterocycles. The molecule has 0 aliphatic rings. The summed E-state index contributed by atoms with van der Waals surface area (Å²) in [7, 11) is 1.31. The van der Waals surface area contributed by atoms with Crippen molar-refractivity contribution in [3.8, 4) is 5.75 Å². The molecule has 0 aliphatic carbocycles. The van der Waals surface area contributed by atoms with Crippen molar-refractivity contribution in [2.45, 2.75) is 13.8 Å². The highest BCUT2D eigenvalue weighted by Crippen LogP contribution is 2.22. The number of methoxy groups -OCH3 is 1. The number of aryl methyl sites for hydroxylation is 1. The van der Waals surface area contributed by atoms with Gasteiger partial charge in [-0.25, -0.2) is 9.59 Å². The van der Waals surface area contributed by atoms with Crippen LogP contribution in [0.25, 0.3) is 11.0 Å². The van der Waals surface area contributed by atoms with Crippen molar-refractivity contribution in [2.75, 3.05) is 19.0 Å². The zero-order chi connectivity index (χ0) is 20.3. The summed E-state index contributed by atoms with van der Waals surface area (Å²) >= 11 is 0. The van der Waals surface area contributed by atoms with Crippen LogP contribution in [0.1, 0.15) is 21.5 Å². The van der Waals surface area contributed by atoms with Gasteiger partial charge in [0.1, 0.15) is 11.3 Å². The van der Waals surface area contributed by atoms with Crippen LogP contribution in [0.4, 0.5) is 5.69 Å². The number of ether oxygens (including phenoxy) is 2. The standard InChI is InChI=1S/C21H19NO6/c1-12-8-15(9-17(13(12)2)21(25)26-3)22-19(23)11-27-16-6-4-14-5-7-20(24)28-18(14)10-16/h4-10H,11H2,1-3H3,(H,22,23). The SMILES string of the molecule is COC(=O)c1cc(NC(=O)COc2ccc3ccc(=O)oc3c2)cc(C)c1C. The lowest BCUT2D eigenvalue weighted by atomic mass is 10.0. The Labute approximate surface area is 160 Å². The van der Waals surface area contributed by atoms with Gasteiger partial charge in [0.15, 0.2) is 6.61 Å². The zero-order valence-electron chi connectivity index (χ0n) is 15.7. The Morgan fingerprint density at radius 1 is 1.07 bits per heavy atom. The molecule has 0 atom stereocenters. The first-order valence-electron chi connectivity index (χ1n) is 8.53.